The predicted octanol–water partition coefficient (Wildman–Crippen LogP) is 0.900. The van der Waals surface area contributed by atoms with Crippen LogP contribution in [0.4, 0.5) is 0 Å². The molecule has 3 unspecified atom stereocenters. The molecule has 0 bridgehead atoms. The summed E-state index contributed by atoms with van der Waals surface area (Å²) in [5.74, 6) is 1.14. The molecule has 0 radical (unpaired) electrons. The molecule has 0 amide bonds. The molecule has 92 valence electrons. The van der Waals surface area contributed by atoms with E-state index in [4.69, 9.17) is 0 Å². The maximum atomic E-state index is 11.9. The Balaban J connectivity index is 1.59. The molecular weight excluding hydrogens is 216 g/mol. The molecule has 17 heavy (non-hydrogen) atoms. The van der Waals surface area contributed by atoms with E-state index in [9.17, 15) is 9.90 Å². The van der Waals surface area contributed by atoms with Crippen molar-refractivity contribution in [1.82, 2.24) is 9.88 Å². The number of aliphatic hydroxyl groups is 1. The number of fused-ring (bicyclic) bond motifs is 1. The van der Waals surface area contributed by atoms with Crippen LogP contribution in [0.5, 0.6) is 0 Å². The number of hydrogen-bond acceptors (Lipinski definition) is 3. The highest BCUT2D eigenvalue weighted by molar-refractivity contribution is 5.95. The van der Waals surface area contributed by atoms with Crippen LogP contribution in [0.1, 0.15) is 23.3 Å². The van der Waals surface area contributed by atoms with E-state index in [0.717, 1.165) is 25.9 Å². The number of aromatic nitrogens is 1. The lowest BCUT2D eigenvalue weighted by Crippen LogP contribution is -2.30. The number of aliphatic hydroxyl groups excluding tert-OH is 1. The highest BCUT2D eigenvalue weighted by Gasteiger charge is 2.42. The molecule has 2 fully saturated rings. The number of nitrogens with zero attached hydrogens (tertiary/aromatic N) is 1. The van der Waals surface area contributed by atoms with E-state index in [1.807, 2.05) is 12.1 Å². The lowest BCUT2D eigenvalue weighted by Gasteiger charge is -2.16. The third-order valence-corrected chi connectivity index (χ3v) is 4.16. The summed E-state index contributed by atoms with van der Waals surface area (Å²) in [6.45, 7) is 2.31. The average Bonchev–Trinajstić information content (AvgIpc) is 2.97. The number of carbonyl (C=O) groups is 1. The van der Waals surface area contributed by atoms with Crippen molar-refractivity contribution in [3.05, 3.63) is 24.0 Å². The van der Waals surface area contributed by atoms with E-state index in [2.05, 4.69) is 9.88 Å². The van der Waals surface area contributed by atoms with Gasteiger partial charge in [0.15, 0.2) is 5.78 Å². The number of likely N-dealkylation sites (tertiary alicyclic amines) is 1. The molecule has 3 atom stereocenters. The Morgan fingerprint density at radius 2 is 2.35 bits per heavy atom. The normalized spacial score (nSPS) is 32.9. The number of rotatable bonds is 3. The van der Waals surface area contributed by atoms with E-state index in [1.54, 1.807) is 6.20 Å². The van der Waals surface area contributed by atoms with Crippen LogP contribution in [0.15, 0.2) is 18.3 Å². The fraction of sp³-hybridized carbons (Fsp3) is 0.615. The lowest BCUT2D eigenvalue weighted by atomic mass is 10.00. The van der Waals surface area contributed by atoms with E-state index in [1.165, 1.54) is 0 Å². The summed E-state index contributed by atoms with van der Waals surface area (Å²) >= 11 is 0. The number of ketones is 1. The van der Waals surface area contributed by atoms with Crippen LogP contribution in [-0.2, 0) is 0 Å². The van der Waals surface area contributed by atoms with E-state index < -0.39 is 0 Å². The molecule has 3 rings (SSSR count). The number of nitrogens with one attached hydrogen (secondary N) is 1. The topological polar surface area (TPSA) is 56.3 Å². The Morgan fingerprint density at radius 1 is 1.47 bits per heavy atom. The van der Waals surface area contributed by atoms with Crippen molar-refractivity contribution in [3.8, 4) is 0 Å². The zero-order valence-electron chi connectivity index (χ0n) is 9.80. The highest BCUT2D eigenvalue weighted by Crippen LogP contribution is 2.37. The minimum absolute atomic E-state index is 0.143. The molecule has 1 aromatic heterocycles. The van der Waals surface area contributed by atoms with Crippen LogP contribution in [0.2, 0.25) is 0 Å². The molecule has 1 aliphatic heterocycles. The zero-order valence-corrected chi connectivity index (χ0v) is 9.80. The summed E-state index contributed by atoms with van der Waals surface area (Å²) in [4.78, 5) is 17.1. The van der Waals surface area contributed by atoms with Gasteiger partial charge in [-0.05, 0) is 30.9 Å². The Kier molecular flexibility index (Phi) is 2.76. The molecule has 2 heterocycles. The van der Waals surface area contributed by atoms with E-state index in [-0.39, 0.29) is 11.9 Å². The van der Waals surface area contributed by atoms with Crippen LogP contribution >= 0.6 is 0 Å². The molecule has 4 nitrogen and oxygen atoms in total. The summed E-state index contributed by atoms with van der Waals surface area (Å²) in [6.07, 6.45) is 3.67. The molecular formula is C13H18N2O2. The predicted molar refractivity (Wildman–Crippen MR) is 63.8 cm³/mol. The van der Waals surface area contributed by atoms with E-state index in [0.29, 0.717) is 24.1 Å². The SMILES string of the molecule is O=C(CN1CC2CCC(O)C2C1)c1ccc[nH]1. The molecule has 2 aliphatic rings. The first-order chi connectivity index (χ1) is 8.24. The average molecular weight is 234 g/mol. The summed E-state index contributed by atoms with van der Waals surface area (Å²) in [6, 6.07) is 3.66. The van der Waals surface area contributed by atoms with Gasteiger partial charge in [-0.1, -0.05) is 0 Å². The van der Waals surface area contributed by atoms with Gasteiger partial charge in [0.1, 0.15) is 0 Å². The van der Waals surface area contributed by atoms with Gasteiger partial charge in [-0.3, -0.25) is 9.69 Å². The maximum absolute atomic E-state index is 11.9. The van der Waals surface area contributed by atoms with Gasteiger partial charge >= 0.3 is 0 Å². The third kappa shape index (κ3) is 2.03. The van der Waals surface area contributed by atoms with Crippen molar-refractivity contribution in [3.63, 3.8) is 0 Å². The number of H-pyrrole nitrogens is 1. The molecule has 0 aromatic carbocycles. The minimum Gasteiger partial charge on any atom is -0.393 e. The monoisotopic (exact) mass is 234 g/mol. The molecule has 1 aromatic rings. The van der Waals surface area contributed by atoms with Crippen LogP contribution in [0.3, 0.4) is 0 Å². The number of carbonyl (C=O) groups excluding carboxylic acids is 1. The standard InChI is InChI=1S/C13H18N2O2/c16-12-4-3-9-6-15(7-10(9)12)8-13(17)11-2-1-5-14-11/h1-2,5,9-10,12,14,16H,3-4,6-8H2. The molecule has 4 heteroatoms. The summed E-state index contributed by atoms with van der Waals surface area (Å²) in [5, 5.41) is 9.82. The number of aromatic amines is 1. The zero-order chi connectivity index (χ0) is 11.8. The third-order valence-electron chi connectivity index (χ3n) is 4.16. The van der Waals surface area contributed by atoms with Crippen molar-refractivity contribution < 1.29 is 9.90 Å². The molecule has 0 spiro atoms. The summed E-state index contributed by atoms with van der Waals surface area (Å²) < 4.78 is 0. The maximum Gasteiger partial charge on any atom is 0.192 e. The first-order valence-electron chi connectivity index (χ1n) is 6.31. The minimum atomic E-state index is -0.148. The van der Waals surface area contributed by atoms with Gasteiger partial charge < -0.3 is 10.1 Å². The van der Waals surface area contributed by atoms with Gasteiger partial charge in [-0.2, -0.15) is 0 Å². The Morgan fingerprint density at radius 3 is 3.06 bits per heavy atom. The van der Waals surface area contributed by atoms with Crippen LogP contribution in [0.25, 0.3) is 0 Å². The molecule has 1 aliphatic carbocycles. The van der Waals surface area contributed by atoms with Crippen molar-refractivity contribution in [2.45, 2.75) is 18.9 Å². The van der Waals surface area contributed by atoms with Crippen LogP contribution in [-0.4, -0.2) is 46.5 Å². The summed E-state index contributed by atoms with van der Waals surface area (Å²) in [5.41, 5.74) is 0.683. The first-order valence-corrected chi connectivity index (χ1v) is 6.31. The van der Waals surface area contributed by atoms with Crippen molar-refractivity contribution >= 4 is 5.78 Å². The van der Waals surface area contributed by atoms with Gasteiger partial charge in [-0.25, -0.2) is 0 Å². The molecule has 1 saturated heterocycles. The largest absolute Gasteiger partial charge is 0.393 e. The van der Waals surface area contributed by atoms with Gasteiger partial charge in [0.05, 0.1) is 18.3 Å². The van der Waals surface area contributed by atoms with Gasteiger partial charge in [-0.15, -0.1) is 0 Å². The Hall–Kier alpha value is -1.13. The van der Waals surface area contributed by atoms with Crippen molar-refractivity contribution in [2.24, 2.45) is 11.8 Å². The van der Waals surface area contributed by atoms with Gasteiger partial charge in [0.25, 0.3) is 0 Å². The lowest BCUT2D eigenvalue weighted by molar-refractivity contribution is 0.0915. The van der Waals surface area contributed by atoms with Gasteiger partial charge in [0, 0.05) is 25.2 Å². The van der Waals surface area contributed by atoms with Gasteiger partial charge in [0.2, 0.25) is 0 Å². The van der Waals surface area contributed by atoms with Crippen molar-refractivity contribution in [2.75, 3.05) is 19.6 Å². The van der Waals surface area contributed by atoms with Crippen molar-refractivity contribution in [1.29, 1.82) is 0 Å². The Bertz CT molecular complexity index is 402. The second-order valence-corrected chi connectivity index (χ2v) is 5.27. The number of Topliss-reactive ketones (excluding diaryl/α,β-unsaturated/α-hetero) is 1. The molecule has 2 N–H and O–H groups in total. The Labute approximate surface area is 101 Å². The second-order valence-electron chi connectivity index (χ2n) is 5.27. The quantitative estimate of drug-likeness (QED) is 0.764. The van der Waals surface area contributed by atoms with Crippen LogP contribution in [0, 0.1) is 11.8 Å². The summed E-state index contributed by atoms with van der Waals surface area (Å²) in [7, 11) is 0. The molecule has 1 saturated carbocycles. The fourth-order valence-electron chi connectivity index (χ4n) is 3.25. The fourth-order valence-corrected chi connectivity index (χ4v) is 3.25. The van der Waals surface area contributed by atoms with Crippen LogP contribution < -0.4 is 0 Å². The van der Waals surface area contributed by atoms with E-state index >= 15 is 0 Å². The highest BCUT2D eigenvalue weighted by atomic mass is 16.3. The second kappa shape index (κ2) is 4.27. The first kappa shape index (κ1) is 11.0. The number of hydrogen-bond donors (Lipinski definition) is 2. The smallest absolute Gasteiger partial charge is 0.192 e.